The standard InChI is InChI=1S/C26H20N2O2Te/c29-25(27-19-11-3-1-4-12-19)21-15-7-9-17-23(21)31-24-18-10-8-16-22(24)26(30)28-20-13-5-2-6-14-20/h1-18H,(H,27,29)(H,28,30). The van der Waals surface area contributed by atoms with Crippen LogP contribution in [0.2, 0.25) is 0 Å². The molecule has 0 atom stereocenters. The van der Waals surface area contributed by atoms with Crippen LogP contribution in [0.4, 0.5) is 11.4 Å². The van der Waals surface area contributed by atoms with Gasteiger partial charge in [-0.2, -0.15) is 0 Å². The van der Waals surface area contributed by atoms with Gasteiger partial charge in [0.25, 0.3) is 0 Å². The summed E-state index contributed by atoms with van der Waals surface area (Å²) in [6, 6.07) is 34.1. The van der Waals surface area contributed by atoms with Crippen molar-refractivity contribution in [2.45, 2.75) is 0 Å². The van der Waals surface area contributed by atoms with Crippen molar-refractivity contribution in [3.63, 3.8) is 0 Å². The minimum absolute atomic E-state index is 0.141. The fourth-order valence-corrected chi connectivity index (χ4v) is 6.10. The van der Waals surface area contributed by atoms with Gasteiger partial charge in [-0.25, -0.2) is 0 Å². The fourth-order valence-electron chi connectivity index (χ4n) is 3.04. The predicted octanol–water partition coefficient (Wildman–Crippen LogP) is 3.85. The Bertz CT molecular complexity index is 1100. The van der Waals surface area contributed by atoms with Crippen molar-refractivity contribution in [2.75, 3.05) is 10.6 Å². The van der Waals surface area contributed by atoms with Crippen molar-refractivity contribution in [1.82, 2.24) is 0 Å². The number of anilines is 2. The predicted molar refractivity (Wildman–Crippen MR) is 127 cm³/mol. The average molecular weight is 520 g/mol. The monoisotopic (exact) mass is 522 g/mol. The third kappa shape index (κ3) is 5.40. The summed E-state index contributed by atoms with van der Waals surface area (Å²) in [5.41, 5.74) is 2.80. The fraction of sp³-hybridized carbons (Fsp3) is 0. The van der Waals surface area contributed by atoms with Gasteiger partial charge >= 0.3 is 192 Å². The molecule has 0 aromatic heterocycles. The zero-order chi connectivity index (χ0) is 21.5. The van der Waals surface area contributed by atoms with Gasteiger partial charge in [0.15, 0.2) is 0 Å². The van der Waals surface area contributed by atoms with E-state index in [0.29, 0.717) is 11.1 Å². The number of rotatable bonds is 6. The molecule has 152 valence electrons. The van der Waals surface area contributed by atoms with E-state index in [0.717, 1.165) is 18.6 Å². The molecule has 0 bridgehead atoms. The first-order valence-electron chi connectivity index (χ1n) is 9.79. The quantitative estimate of drug-likeness (QED) is 0.380. The van der Waals surface area contributed by atoms with E-state index in [1.807, 2.05) is 109 Å². The summed E-state index contributed by atoms with van der Waals surface area (Å²) >= 11 is -0.979. The summed E-state index contributed by atoms with van der Waals surface area (Å²) < 4.78 is 1.97. The second-order valence-corrected chi connectivity index (χ2v) is 9.83. The van der Waals surface area contributed by atoms with Gasteiger partial charge in [-0.3, -0.25) is 0 Å². The van der Waals surface area contributed by atoms with E-state index in [-0.39, 0.29) is 11.8 Å². The minimum atomic E-state index is -0.979. The normalized spacial score (nSPS) is 10.3. The Morgan fingerprint density at radius 3 is 1.26 bits per heavy atom. The molecule has 31 heavy (non-hydrogen) atoms. The van der Waals surface area contributed by atoms with E-state index in [9.17, 15) is 9.59 Å². The van der Waals surface area contributed by atoms with Crippen LogP contribution < -0.4 is 17.9 Å². The Hall–Kier alpha value is -3.39. The molecule has 4 aromatic rings. The molecule has 0 radical (unpaired) electrons. The number of amides is 2. The van der Waals surface area contributed by atoms with Crippen LogP contribution in [0.25, 0.3) is 0 Å². The molecular weight excluding hydrogens is 500 g/mol. The number of nitrogens with one attached hydrogen (secondary N) is 2. The van der Waals surface area contributed by atoms with Crippen LogP contribution in [0.3, 0.4) is 0 Å². The maximum absolute atomic E-state index is 12.9. The molecule has 0 saturated carbocycles. The molecular formula is C26H20N2O2Te. The van der Waals surface area contributed by atoms with Crippen molar-refractivity contribution in [1.29, 1.82) is 0 Å². The first kappa shape index (κ1) is 20.9. The van der Waals surface area contributed by atoms with Crippen LogP contribution in [0.1, 0.15) is 20.7 Å². The van der Waals surface area contributed by atoms with E-state index in [4.69, 9.17) is 0 Å². The first-order chi connectivity index (χ1) is 15.2. The molecule has 0 aliphatic rings. The zero-order valence-corrected chi connectivity index (χ0v) is 18.9. The number of benzene rings is 4. The third-order valence-corrected chi connectivity index (χ3v) is 7.83. The van der Waals surface area contributed by atoms with Gasteiger partial charge in [0.1, 0.15) is 0 Å². The molecule has 2 amide bonds. The van der Waals surface area contributed by atoms with Gasteiger partial charge < -0.3 is 0 Å². The summed E-state index contributed by atoms with van der Waals surface area (Å²) in [4.78, 5) is 25.8. The number of carbonyl (C=O) groups is 2. The number of hydrogen-bond acceptors (Lipinski definition) is 2. The average Bonchev–Trinajstić information content (AvgIpc) is 2.81. The molecule has 0 heterocycles. The van der Waals surface area contributed by atoms with Crippen molar-refractivity contribution in [2.24, 2.45) is 0 Å². The Morgan fingerprint density at radius 2 is 0.839 bits per heavy atom. The molecule has 0 unspecified atom stereocenters. The molecule has 4 nitrogen and oxygen atoms in total. The zero-order valence-electron chi connectivity index (χ0n) is 16.6. The van der Waals surface area contributed by atoms with Crippen molar-refractivity contribution in [3.05, 3.63) is 120 Å². The van der Waals surface area contributed by atoms with Gasteiger partial charge in [-0.15, -0.1) is 0 Å². The molecule has 4 rings (SSSR count). The number of carbonyl (C=O) groups excluding carboxylic acids is 2. The van der Waals surface area contributed by atoms with E-state index in [1.54, 1.807) is 0 Å². The van der Waals surface area contributed by atoms with Gasteiger partial charge in [0.2, 0.25) is 0 Å². The Balaban J connectivity index is 1.58. The number of hydrogen-bond donors (Lipinski definition) is 2. The van der Waals surface area contributed by atoms with E-state index in [2.05, 4.69) is 10.6 Å². The maximum atomic E-state index is 12.9. The van der Waals surface area contributed by atoms with Crippen molar-refractivity contribution >= 4 is 51.3 Å². The van der Waals surface area contributed by atoms with Crippen LogP contribution >= 0.6 is 0 Å². The molecule has 4 aromatic carbocycles. The van der Waals surface area contributed by atoms with Crippen LogP contribution in [0, 0.1) is 0 Å². The Morgan fingerprint density at radius 1 is 0.484 bits per heavy atom. The van der Waals surface area contributed by atoms with Gasteiger partial charge in [-0.1, -0.05) is 0 Å². The van der Waals surface area contributed by atoms with Crippen molar-refractivity contribution < 1.29 is 9.59 Å². The molecule has 5 heteroatoms. The van der Waals surface area contributed by atoms with Gasteiger partial charge in [-0.05, 0) is 0 Å². The Kier molecular flexibility index (Phi) is 6.78. The molecule has 0 saturated heterocycles. The summed E-state index contributed by atoms with van der Waals surface area (Å²) in [5, 5.41) is 5.91. The van der Waals surface area contributed by atoms with Crippen LogP contribution in [-0.4, -0.2) is 32.7 Å². The third-order valence-electron chi connectivity index (χ3n) is 4.55. The summed E-state index contributed by atoms with van der Waals surface area (Å²) in [5.74, 6) is -0.281. The molecule has 0 aliphatic heterocycles. The molecule has 0 spiro atoms. The topological polar surface area (TPSA) is 58.2 Å². The SMILES string of the molecule is O=C(Nc1ccccc1)c1ccccc1[Te]c1ccccc1C(=O)Nc1ccccc1. The van der Waals surface area contributed by atoms with E-state index in [1.165, 1.54) is 0 Å². The summed E-state index contributed by atoms with van der Waals surface area (Å²) in [6.07, 6.45) is 0. The van der Waals surface area contributed by atoms with Crippen LogP contribution in [-0.2, 0) is 0 Å². The first-order valence-corrected chi connectivity index (χ1v) is 12.1. The summed E-state index contributed by atoms with van der Waals surface area (Å²) in [7, 11) is 0. The second-order valence-electron chi connectivity index (χ2n) is 6.73. The van der Waals surface area contributed by atoms with Crippen molar-refractivity contribution in [3.8, 4) is 0 Å². The van der Waals surface area contributed by atoms with Crippen LogP contribution in [0.5, 0.6) is 0 Å². The molecule has 2 N–H and O–H groups in total. The summed E-state index contributed by atoms with van der Waals surface area (Å²) in [6.45, 7) is 0. The van der Waals surface area contributed by atoms with Gasteiger partial charge in [0, 0.05) is 0 Å². The van der Waals surface area contributed by atoms with E-state index >= 15 is 0 Å². The molecule has 0 aliphatic carbocycles. The van der Waals surface area contributed by atoms with Crippen LogP contribution in [0.15, 0.2) is 109 Å². The van der Waals surface area contributed by atoms with E-state index < -0.39 is 20.9 Å². The second kappa shape index (κ2) is 10.1. The molecule has 0 fully saturated rings. The number of para-hydroxylation sites is 2. The van der Waals surface area contributed by atoms with Gasteiger partial charge in [0.05, 0.1) is 0 Å². The Labute approximate surface area is 191 Å².